The Hall–Kier alpha value is -2.57. The second kappa shape index (κ2) is 9.06. The lowest BCUT2D eigenvalue weighted by Gasteiger charge is -2.23. The topological polar surface area (TPSA) is 77.7 Å². The molecule has 2 fully saturated rings. The van der Waals surface area contributed by atoms with Gasteiger partial charge in [-0.1, -0.05) is 18.0 Å². The van der Waals surface area contributed by atoms with Gasteiger partial charge in [-0.05, 0) is 64.5 Å². The smallest absolute Gasteiger partial charge is 0.410 e. The van der Waals surface area contributed by atoms with Crippen molar-refractivity contribution in [1.82, 2.24) is 15.0 Å². The van der Waals surface area contributed by atoms with Gasteiger partial charge >= 0.3 is 6.09 Å². The van der Waals surface area contributed by atoms with Crippen LogP contribution in [0.5, 0.6) is 5.75 Å². The molecule has 2 aromatic rings. The zero-order valence-corrected chi connectivity index (χ0v) is 18.1. The largest absolute Gasteiger partial charge is 0.489 e. The van der Waals surface area contributed by atoms with E-state index < -0.39 is 0 Å². The third-order valence-corrected chi connectivity index (χ3v) is 6.35. The third-order valence-electron chi connectivity index (χ3n) is 6.35. The van der Waals surface area contributed by atoms with Crippen LogP contribution < -0.4 is 4.74 Å². The molecule has 2 heterocycles. The summed E-state index contributed by atoms with van der Waals surface area (Å²) in [7, 11) is 1.81. The molecule has 1 amide bonds. The Labute approximate surface area is 177 Å². The van der Waals surface area contributed by atoms with Crippen molar-refractivity contribution >= 4 is 6.09 Å². The number of carbonyl (C=O) groups excluding carboxylic acids is 1. The SMILES string of the molecule is Cc1nc(-c2onc(C)c2COC(=O)N(C)C2CCCC2)ccc1OC1CCCC1. The molecule has 7 nitrogen and oxygen atoms in total. The molecule has 0 aliphatic heterocycles. The molecular weight excluding hydrogens is 382 g/mol. The molecule has 30 heavy (non-hydrogen) atoms. The van der Waals surface area contributed by atoms with Crippen molar-refractivity contribution in [3.05, 3.63) is 29.1 Å². The normalized spacial score (nSPS) is 17.4. The maximum Gasteiger partial charge on any atom is 0.410 e. The predicted octanol–water partition coefficient (Wildman–Crippen LogP) is 5.19. The van der Waals surface area contributed by atoms with E-state index in [1.54, 1.807) is 4.90 Å². The van der Waals surface area contributed by atoms with Crippen LogP contribution in [-0.2, 0) is 11.3 Å². The van der Waals surface area contributed by atoms with Crippen molar-refractivity contribution in [1.29, 1.82) is 0 Å². The number of rotatable bonds is 6. The molecule has 2 aliphatic carbocycles. The predicted molar refractivity (Wildman–Crippen MR) is 112 cm³/mol. The number of pyridine rings is 1. The summed E-state index contributed by atoms with van der Waals surface area (Å²) < 4.78 is 17.2. The summed E-state index contributed by atoms with van der Waals surface area (Å²) >= 11 is 0. The van der Waals surface area contributed by atoms with E-state index in [1.165, 1.54) is 25.7 Å². The Bertz CT molecular complexity index is 883. The molecule has 0 N–H and O–H groups in total. The lowest BCUT2D eigenvalue weighted by Crippen LogP contribution is -2.35. The first-order valence-electron chi connectivity index (χ1n) is 11.0. The van der Waals surface area contributed by atoms with Crippen molar-refractivity contribution < 1.29 is 18.8 Å². The second-order valence-corrected chi connectivity index (χ2v) is 8.48. The quantitative estimate of drug-likeness (QED) is 0.649. The molecule has 4 rings (SSSR count). The van der Waals surface area contributed by atoms with Crippen LogP contribution in [0, 0.1) is 13.8 Å². The van der Waals surface area contributed by atoms with Crippen LogP contribution >= 0.6 is 0 Å². The minimum absolute atomic E-state index is 0.113. The molecule has 2 saturated carbocycles. The fraction of sp³-hybridized carbons (Fsp3) is 0.609. The van der Waals surface area contributed by atoms with E-state index in [-0.39, 0.29) is 24.8 Å². The Morgan fingerprint density at radius 1 is 1.10 bits per heavy atom. The van der Waals surface area contributed by atoms with Crippen LogP contribution in [0.25, 0.3) is 11.5 Å². The Morgan fingerprint density at radius 3 is 2.50 bits per heavy atom. The maximum absolute atomic E-state index is 12.5. The molecule has 0 aromatic carbocycles. The number of carbonyl (C=O) groups is 1. The zero-order chi connectivity index (χ0) is 21.1. The molecule has 0 atom stereocenters. The molecule has 7 heteroatoms. The molecular formula is C23H31N3O4. The number of aromatic nitrogens is 2. The van der Waals surface area contributed by atoms with E-state index in [4.69, 9.17) is 14.0 Å². The fourth-order valence-electron chi connectivity index (χ4n) is 4.42. The van der Waals surface area contributed by atoms with Gasteiger partial charge in [-0.25, -0.2) is 9.78 Å². The number of nitrogens with zero attached hydrogens (tertiary/aromatic N) is 3. The molecule has 0 bridgehead atoms. The molecule has 0 spiro atoms. The van der Waals surface area contributed by atoms with Gasteiger partial charge < -0.3 is 18.9 Å². The van der Waals surface area contributed by atoms with Crippen LogP contribution in [0.1, 0.15) is 68.3 Å². The molecule has 2 aliphatic rings. The van der Waals surface area contributed by atoms with Gasteiger partial charge in [-0.15, -0.1) is 0 Å². The second-order valence-electron chi connectivity index (χ2n) is 8.48. The van der Waals surface area contributed by atoms with Crippen LogP contribution in [0.2, 0.25) is 0 Å². The van der Waals surface area contributed by atoms with E-state index in [0.717, 1.165) is 42.7 Å². The van der Waals surface area contributed by atoms with Gasteiger partial charge in [0.1, 0.15) is 18.1 Å². The summed E-state index contributed by atoms with van der Waals surface area (Å²) in [5, 5.41) is 4.08. The van der Waals surface area contributed by atoms with Crippen LogP contribution in [0.15, 0.2) is 16.7 Å². The lowest BCUT2D eigenvalue weighted by atomic mass is 10.1. The van der Waals surface area contributed by atoms with Crippen molar-refractivity contribution in [2.45, 2.75) is 84.0 Å². The van der Waals surface area contributed by atoms with E-state index in [9.17, 15) is 4.79 Å². The molecule has 0 radical (unpaired) electrons. The average molecular weight is 414 g/mol. The Morgan fingerprint density at radius 2 is 1.80 bits per heavy atom. The number of amides is 1. The van der Waals surface area contributed by atoms with E-state index in [0.29, 0.717) is 17.1 Å². The highest BCUT2D eigenvalue weighted by Gasteiger charge is 2.26. The summed E-state index contributed by atoms with van der Waals surface area (Å²) in [5.74, 6) is 1.35. The number of aryl methyl sites for hydroxylation is 2. The highest BCUT2D eigenvalue weighted by molar-refractivity contribution is 5.68. The number of ether oxygens (including phenoxy) is 2. The Kier molecular flexibility index (Phi) is 6.25. The highest BCUT2D eigenvalue weighted by atomic mass is 16.6. The van der Waals surface area contributed by atoms with Crippen molar-refractivity contribution in [3.63, 3.8) is 0 Å². The van der Waals surface area contributed by atoms with Gasteiger partial charge in [-0.2, -0.15) is 0 Å². The van der Waals surface area contributed by atoms with E-state index in [1.807, 2.05) is 33.0 Å². The molecule has 0 unspecified atom stereocenters. The van der Waals surface area contributed by atoms with Gasteiger partial charge in [0.15, 0.2) is 5.76 Å². The summed E-state index contributed by atoms with van der Waals surface area (Å²) in [6.45, 7) is 3.90. The first-order chi connectivity index (χ1) is 14.5. The first kappa shape index (κ1) is 20.7. The monoisotopic (exact) mass is 413 g/mol. The number of hydrogen-bond acceptors (Lipinski definition) is 6. The summed E-state index contributed by atoms with van der Waals surface area (Å²) in [5.41, 5.74) is 2.94. The molecule has 2 aromatic heterocycles. The molecule has 0 saturated heterocycles. The average Bonchev–Trinajstić information content (AvgIpc) is 3.50. The minimum Gasteiger partial charge on any atom is -0.489 e. The maximum atomic E-state index is 12.5. The Balaban J connectivity index is 1.45. The van der Waals surface area contributed by atoms with Crippen molar-refractivity contribution in [2.24, 2.45) is 0 Å². The van der Waals surface area contributed by atoms with Gasteiger partial charge in [0.25, 0.3) is 0 Å². The summed E-state index contributed by atoms with van der Waals surface area (Å²) in [6, 6.07) is 4.10. The van der Waals surface area contributed by atoms with Crippen LogP contribution in [0.3, 0.4) is 0 Å². The standard InChI is InChI=1S/C23H31N3O4/c1-15-19(14-28-23(27)26(3)17-8-4-5-9-17)22(30-25-15)20-12-13-21(16(2)24-20)29-18-10-6-7-11-18/h12-13,17-18H,4-11,14H2,1-3H3. The lowest BCUT2D eigenvalue weighted by molar-refractivity contribution is 0.0917. The van der Waals surface area contributed by atoms with Crippen molar-refractivity contribution in [2.75, 3.05) is 7.05 Å². The third kappa shape index (κ3) is 4.45. The van der Waals surface area contributed by atoms with Gasteiger partial charge in [0.2, 0.25) is 0 Å². The van der Waals surface area contributed by atoms with Gasteiger partial charge in [0, 0.05) is 13.1 Å². The van der Waals surface area contributed by atoms with E-state index >= 15 is 0 Å². The first-order valence-corrected chi connectivity index (χ1v) is 11.0. The minimum atomic E-state index is -0.307. The summed E-state index contributed by atoms with van der Waals surface area (Å²) in [6.07, 6.45) is 9.07. The molecule has 162 valence electrons. The van der Waals surface area contributed by atoms with Gasteiger partial charge in [-0.3, -0.25) is 0 Å². The van der Waals surface area contributed by atoms with Crippen LogP contribution in [-0.4, -0.2) is 40.3 Å². The van der Waals surface area contributed by atoms with Crippen LogP contribution in [0.4, 0.5) is 4.79 Å². The van der Waals surface area contributed by atoms with Crippen molar-refractivity contribution in [3.8, 4) is 17.2 Å². The van der Waals surface area contributed by atoms with E-state index in [2.05, 4.69) is 10.1 Å². The highest BCUT2D eigenvalue weighted by Crippen LogP contribution is 2.31. The summed E-state index contributed by atoms with van der Waals surface area (Å²) in [4.78, 5) is 18.9. The van der Waals surface area contributed by atoms with Gasteiger partial charge in [0.05, 0.1) is 23.1 Å². The fourth-order valence-corrected chi connectivity index (χ4v) is 4.42. The number of hydrogen-bond donors (Lipinski definition) is 0. The zero-order valence-electron chi connectivity index (χ0n) is 18.1.